The van der Waals surface area contributed by atoms with Crippen molar-refractivity contribution in [3.63, 3.8) is 0 Å². The fourth-order valence-electron chi connectivity index (χ4n) is 2.78. The van der Waals surface area contributed by atoms with Crippen LogP contribution in [0.3, 0.4) is 0 Å². The van der Waals surface area contributed by atoms with Crippen LogP contribution in [-0.2, 0) is 4.79 Å². The van der Waals surface area contributed by atoms with E-state index in [2.05, 4.69) is 10.2 Å². The number of likely N-dealkylation sites (N-methyl/N-ethyl adjacent to an activating group) is 1. The third kappa shape index (κ3) is 3.13. The van der Waals surface area contributed by atoms with Gasteiger partial charge in [0.15, 0.2) is 12.4 Å². The topological polar surface area (TPSA) is 61.9 Å². The van der Waals surface area contributed by atoms with Crippen molar-refractivity contribution in [3.05, 3.63) is 23.8 Å². The fourth-order valence-corrected chi connectivity index (χ4v) is 2.78. The number of anilines is 1. The molecule has 0 unspecified atom stereocenters. The van der Waals surface area contributed by atoms with E-state index in [0.29, 0.717) is 23.4 Å². The third-order valence-electron chi connectivity index (χ3n) is 4.23. The summed E-state index contributed by atoms with van der Waals surface area (Å²) >= 11 is 0. The van der Waals surface area contributed by atoms with Crippen LogP contribution < -0.4 is 15.0 Å². The molecular formula is C16H21N3O3. The van der Waals surface area contributed by atoms with E-state index in [0.717, 1.165) is 32.7 Å². The smallest absolute Gasteiger partial charge is 0.264 e. The first kappa shape index (κ1) is 15.0. The zero-order valence-corrected chi connectivity index (χ0v) is 12.8. The van der Waals surface area contributed by atoms with Gasteiger partial charge in [0.2, 0.25) is 0 Å². The Kier molecular flexibility index (Phi) is 4.40. The van der Waals surface area contributed by atoms with Gasteiger partial charge in [-0.15, -0.1) is 0 Å². The maximum atomic E-state index is 12.4. The van der Waals surface area contributed by atoms with E-state index < -0.39 is 0 Å². The van der Waals surface area contributed by atoms with Crippen LogP contribution in [0.2, 0.25) is 0 Å². The second kappa shape index (κ2) is 6.46. The van der Waals surface area contributed by atoms with Gasteiger partial charge in [0, 0.05) is 51.8 Å². The molecule has 0 aliphatic carbocycles. The Labute approximate surface area is 130 Å². The number of rotatable bonds is 4. The Bertz CT molecular complexity index is 582. The lowest BCUT2D eigenvalue weighted by molar-refractivity contribution is -0.120. The monoisotopic (exact) mass is 303 g/mol. The largest absolute Gasteiger partial charge is 0.482 e. The molecule has 22 heavy (non-hydrogen) atoms. The highest BCUT2D eigenvalue weighted by atomic mass is 16.5. The minimum atomic E-state index is -0.0992. The molecule has 1 aromatic carbocycles. The summed E-state index contributed by atoms with van der Waals surface area (Å²) in [7, 11) is 1.71. The standard InChI is InChI=1S/C16H21N3O3/c1-18-13-10-12(2-3-15(13)22-11-16(18)21)14(20)4-7-19-8-5-17-6-9-19/h2-3,10,17H,4-9,11H2,1H3. The van der Waals surface area contributed by atoms with Crippen molar-refractivity contribution in [2.75, 3.05) is 51.3 Å². The number of benzene rings is 1. The van der Waals surface area contributed by atoms with Gasteiger partial charge in [0.05, 0.1) is 5.69 Å². The number of amides is 1. The SMILES string of the molecule is CN1C(=O)COc2ccc(C(=O)CCN3CCNCC3)cc21. The van der Waals surface area contributed by atoms with E-state index in [1.165, 1.54) is 0 Å². The molecule has 1 N–H and O–H groups in total. The highest BCUT2D eigenvalue weighted by Gasteiger charge is 2.23. The predicted octanol–water partition coefficient (Wildman–Crippen LogP) is 0.520. The predicted molar refractivity (Wildman–Crippen MR) is 83.6 cm³/mol. The van der Waals surface area contributed by atoms with Crippen LogP contribution in [0.1, 0.15) is 16.8 Å². The fraction of sp³-hybridized carbons (Fsp3) is 0.500. The van der Waals surface area contributed by atoms with E-state index in [1.807, 2.05) is 0 Å². The van der Waals surface area contributed by atoms with E-state index in [9.17, 15) is 9.59 Å². The van der Waals surface area contributed by atoms with Gasteiger partial charge in [-0.1, -0.05) is 0 Å². The van der Waals surface area contributed by atoms with Crippen LogP contribution in [0.4, 0.5) is 5.69 Å². The van der Waals surface area contributed by atoms with Crippen LogP contribution in [0.15, 0.2) is 18.2 Å². The Morgan fingerprint density at radius 3 is 2.86 bits per heavy atom. The maximum Gasteiger partial charge on any atom is 0.264 e. The van der Waals surface area contributed by atoms with Crippen molar-refractivity contribution >= 4 is 17.4 Å². The summed E-state index contributed by atoms with van der Waals surface area (Å²) < 4.78 is 5.38. The van der Waals surface area contributed by atoms with Gasteiger partial charge >= 0.3 is 0 Å². The third-order valence-corrected chi connectivity index (χ3v) is 4.23. The summed E-state index contributed by atoms with van der Waals surface area (Å²) in [6, 6.07) is 5.31. The highest BCUT2D eigenvalue weighted by Crippen LogP contribution is 2.32. The van der Waals surface area contributed by atoms with Crippen LogP contribution >= 0.6 is 0 Å². The summed E-state index contributed by atoms with van der Waals surface area (Å²) in [6.07, 6.45) is 0.497. The number of nitrogens with one attached hydrogen (secondary N) is 1. The second-order valence-corrected chi connectivity index (χ2v) is 5.69. The Balaban J connectivity index is 1.66. The first-order valence-corrected chi connectivity index (χ1v) is 7.65. The van der Waals surface area contributed by atoms with Crippen LogP contribution in [0, 0.1) is 0 Å². The molecule has 0 spiro atoms. The summed E-state index contributed by atoms with van der Waals surface area (Å²) in [5.74, 6) is 0.659. The summed E-state index contributed by atoms with van der Waals surface area (Å²) in [5.41, 5.74) is 1.31. The van der Waals surface area contributed by atoms with Crippen molar-refractivity contribution < 1.29 is 14.3 Å². The molecule has 118 valence electrons. The van der Waals surface area contributed by atoms with Crippen molar-refractivity contribution in [1.82, 2.24) is 10.2 Å². The number of fused-ring (bicyclic) bond motifs is 1. The number of piperazine rings is 1. The molecule has 3 rings (SSSR count). The molecule has 2 heterocycles. The molecule has 1 saturated heterocycles. The lowest BCUT2D eigenvalue weighted by atomic mass is 10.1. The Hall–Kier alpha value is -1.92. The summed E-state index contributed by atoms with van der Waals surface area (Å²) in [5, 5.41) is 3.30. The zero-order chi connectivity index (χ0) is 15.5. The van der Waals surface area contributed by atoms with Crippen LogP contribution in [-0.4, -0.2) is 63.0 Å². The lowest BCUT2D eigenvalue weighted by Gasteiger charge is -2.27. The Morgan fingerprint density at radius 1 is 1.32 bits per heavy atom. The maximum absolute atomic E-state index is 12.4. The number of carbonyl (C=O) groups is 2. The first-order valence-electron chi connectivity index (χ1n) is 7.65. The molecule has 0 radical (unpaired) electrons. The molecule has 6 heteroatoms. The van der Waals surface area contributed by atoms with Gasteiger partial charge in [0.1, 0.15) is 5.75 Å². The minimum Gasteiger partial charge on any atom is -0.482 e. The molecule has 2 aliphatic heterocycles. The molecule has 1 aromatic rings. The quantitative estimate of drug-likeness (QED) is 0.822. The molecule has 0 aromatic heterocycles. The van der Waals surface area contributed by atoms with Gasteiger partial charge in [-0.3, -0.25) is 9.59 Å². The number of hydrogen-bond donors (Lipinski definition) is 1. The molecule has 2 aliphatic rings. The number of carbonyl (C=O) groups excluding carboxylic acids is 2. The van der Waals surface area contributed by atoms with E-state index in [1.54, 1.807) is 30.1 Å². The van der Waals surface area contributed by atoms with Gasteiger partial charge in [-0.05, 0) is 18.2 Å². The molecule has 1 fully saturated rings. The zero-order valence-electron chi connectivity index (χ0n) is 12.8. The lowest BCUT2D eigenvalue weighted by Crippen LogP contribution is -2.44. The van der Waals surface area contributed by atoms with Crippen LogP contribution in [0.25, 0.3) is 0 Å². The molecule has 0 saturated carbocycles. The average Bonchev–Trinajstić information content (AvgIpc) is 2.57. The number of nitrogens with zero attached hydrogens (tertiary/aromatic N) is 2. The van der Waals surface area contributed by atoms with E-state index in [-0.39, 0.29) is 18.3 Å². The van der Waals surface area contributed by atoms with Gasteiger partial charge in [-0.25, -0.2) is 0 Å². The summed E-state index contributed by atoms with van der Waals surface area (Å²) in [6.45, 7) is 4.78. The van der Waals surface area contributed by atoms with Crippen molar-refractivity contribution in [2.24, 2.45) is 0 Å². The van der Waals surface area contributed by atoms with Crippen molar-refractivity contribution in [3.8, 4) is 5.75 Å². The van der Waals surface area contributed by atoms with Gasteiger partial charge in [0.25, 0.3) is 5.91 Å². The number of hydrogen-bond acceptors (Lipinski definition) is 5. The van der Waals surface area contributed by atoms with Crippen LogP contribution in [0.5, 0.6) is 5.75 Å². The molecule has 0 bridgehead atoms. The van der Waals surface area contributed by atoms with Crippen molar-refractivity contribution in [1.29, 1.82) is 0 Å². The van der Waals surface area contributed by atoms with E-state index >= 15 is 0 Å². The molecule has 6 nitrogen and oxygen atoms in total. The number of ether oxygens (including phenoxy) is 1. The second-order valence-electron chi connectivity index (χ2n) is 5.69. The summed E-state index contributed by atoms with van der Waals surface area (Å²) in [4.78, 5) is 27.9. The minimum absolute atomic E-state index is 0.0553. The van der Waals surface area contributed by atoms with Gasteiger partial charge < -0.3 is 19.9 Å². The first-order chi connectivity index (χ1) is 10.6. The number of Topliss-reactive ketones (excluding diaryl/α,β-unsaturated/α-hetero) is 1. The number of ketones is 1. The molecule has 1 amide bonds. The van der Waals surface area contributed by atoms with Gasteiger partial charge in [-0.2, -0.15) is 0 Å². The van der Waals surface area contributed by atoms with E-state index in [4.69, 9.17) is 4.74 Å². The molecular weight excluding hydrogens is 282 g/mol. The normalized spacial score (nSPS) is 18.8. The Morgan fingerprint density at radius 2 is 2.09 bits per heavy atom. The van der Waals surface area contributed by atoms with Crippen molar-refractivity contribution in [2.45, 2.75) is 6.42 Å². The average molecular weight is 303 g/mol. The molecule has 0 atom stereocenters. The highest BCUT2D eigenvalue weighted by molar-refractivity contribution is 6.01.